The minimum absolute atomic E-state index is 0.634. The fraction of sp³-hybridized carbons (Fsp3) is 0.471. The van der Waals surface area contributed by atoms with E-state index < -0.39 is 0 Å². The second kappa shape index (κ2) is 5.21. The number of anilines is 1. The van der Waals surface area contributed by atoms with Crippen molar-refractivity contribution < 1.29 is 0 Å². The molecule has 1 unspecified atom stereocenters. The number of aromatic nitrogens is 1. The van der Waals surface area contributed by atoms with Gasteiger partial charge in [-0.25, -0.2) is 4.98 Å². The van der Waals surface area contributed by atoms with E-state index in [-0.39, 0.29) is 0 Å². The molecule has 2 aromatic rings. The van der Waals surface area contributed by atoms with Gasteiger partial charge in [-0.1, -0.05) is 17.7 Å². The van der Waals surface area contributed by atoms with Gasteiger partial charge in [-0.15, -0.1) is 11.3 Å². The first-order valence-electron chi connectivity index (χ1n) is 7.32. The van der Waals surface area contributed by atoms with E-state index in [0.29, 0.717) is 5.92 Å². The van der Waals surface area contributed by atoms with Crippen LogP contribution in [0.25, 0.3) is 0 Å². The van der Waals surface area contributed by atoms with Gasteiger partial charge in [0.25, 0.3) is 0 Å². The third kappa shape index (κ3) is 2.47. The summed E-state index contributed by atoms with van der Waals surface area (Å²) in [6, 6.07) is 4.68. The minimum Gasteiger partial charge on any atom is -0.361 e. The Balaban J connectivity index is 1.75. The molecule has 1 N–H and O–H groups in total. The molecule has 3 heteroatoms. The second-order valence-corrected chi connectivity index (χ2v) is 7.13. The fourth-order valence-corrected chi connectivity index (χ4v) is 4.12. The van der Waals surface area contributed by atoms with Crippen LogP contribution in [-0.4, -0.2) is 11.5 Å². The molecule has 0 amide bonds. The van der Waals surface area contributed by atoms with Crippen molar-refractivity contribution in [3.8, 4) is 0 Å². The highest BCUT2D eigenvalue weighted by Crippen LogP contribution is 2.36. The van der Waals surface area contributed by atoms with E-state index in [9.17, 15) is 0 Å². The Bertz CT molecular complexity index is 623. The van der Waals surface area contributed by atoms with Gasteiger partial charge in [-0.05, 0) is 57.2 Å². The minimum atomic E-state index is 0.634. The van der Waals surface area contributed by atoms with Gasteiger partial charge < -0.3 is 5.32 Å². The van der Waals surface area contributed by atoms with Crippen molar-refractivity contribution in [2.75, 3.05) is 11.9 Å². The SMILES string of the molecule is Cc1cc(C)c2c(c1)CCC2CNc1nc(C)c(C)s1. The summed E-state index contributed by atoms with van der Waals surface area (Å²) in [6.07, 6.45) is 2.48. The molecule has 1 heterocycles. The maximum atomic E-state index is 4.57. The van der Waals surface area contributed by atoms with Crippen molar-refractivity contribution in [1.82, 2.24) is 4.98 Å². The van der Waals surface area contributed by atoms with Crippen LogP contribution in [0.2, 0.25) is 0 Å². The first-order valence-corrected chi connectivity index (χ1v) is 8.14. The van der Waals surface area contributed by atoms with Crippen molar-refractivity contribution in [3.63, 3.8) is 0 Å². The van der Waals surface area contributed by atoms with Crippen LogP contribution in [0.4, 0.5) is 5.13 Å². The number of thiazole rings is 1. The van der Waals surface area contributed by atoms with Gasteiger partial charge in [-0.2, -0.15) is 0 Å². The molecule has 0 fully saturated rings. The molecule has 0 bridgehead atoms. The number of benzene rings is 1. The second-order valence-electron chi connectivity index (χ2n) is 5.93. The summed E-state index contributed by atoms with van der Waals surface area (Å²) in [7, 11) is 0. The molecule has 2 nitrogen and oxygen atoms in total. The van der Waals surface area contributed by atoms with Gasteiger partial charge in [0.15, 0.2) is 5.13 Å². The zero-order valence-electron chi connectivity index (χ0n) is 12.7. The smallest absolute Gasteiger partial charge is 0.183 e. The van der Waals surface area contributed by atoms with Gasteiger partial charge >= 0.3 is 0 Å². The molecule has 1 atom stereocenters. The molecule has 1 aliphatic carbocycles. The molecular weight excluding hydrogens is 264 g/mol. The van der Waals surface area contributed by atoms with Gasteiger partial charge in [0.1, 0.15) is 0 Å². The maximum absolute atomic E-state index is 4.57. The first-order chi connectivity index (χ1) is 9.54. The third-order valence-electron chi connectivity index (χ3n) is 4.32. The van der Waals surface area contributed by atoms with Gasteiger partial charge in [0.05, 0.1) is 5.69 Å². The van der Waals surface area contributed by atoms with Crippen LogP contribution in [-0.2, 0) is 6.42 Å². The molecule has 20 heavy (non-hydrogen) atoms. The van der Waals surface area contributed by atoms with E-state index in [1.165, 1.54) is 28.8 Å². The molecule has 1 aromatic heterocycles. The predicted molar refractivity (Wildman–Crippen MR) is 87.1 cm³/mol. The maximum Gasteiger partial charge on any atom is 0.183 e. The average Bonchev–Trinajstić information content (AvgIpc) is 2.91. The van der Waals surface area contributed by atoms with Crippen molar-refractivity contribution in [1.29, 1.82) is 0 Å². The van der Waals surface area contributed by atoms with Crippen LogP contribution in [0.1, 0.15) is 45.2 Å². The average molecular weight is 286 g/mol. The normalized spacial score (nSPS) is 17.3. The Labute approximate surface area is 125 Å². The Morgan fingerprint density at radius 2 is 2.05 bits per heavy atom. The molecule has 0 saturated heterocycles. The predicted octanol–water partition coefficient (Wildman–Crippen LogP) is 4.52. The highest BCUT2D eigenvalue weighted by atomic mass is 32.1. The number of rotatable bonds is 3. The summed E-state index contributed by atoms with van der Waals surface area (Å²) in [5.41, 5.74) is 7.13. The van der Waals surface area contributed by atoms with E-state index in [1.807, 2.05) is 0 Å². The number of nitrogens with one attached hydrogen (secondary N) is 1. The van der Waals surface area contributed by atoms with Crippen molar-refractivity contribution in [2.24, 2.45) is 0 Å². The first kappa shape index (κ1) is 13.6. The molecule has 3 rings (SSSR count). The van der Waals surface area contributed by atoms with Gasteiger partial charge in [-0.3, -0.25) is 0 Å². The molecule has 0 saturated carbocycles. The lowest BCUT2D eigenvalue weighted by molar-refractivity contribution is 0.705. The summed E-state index contributed by atoms with van der Waals surface area (Å²) in [4.78, 5) is 5.88. The Hall–Kier alpha value is -1.35. The highest BCUT2D eigenvalue weighted by Gasteiger charge is 2.24. The summed E-state index contributed by atoms with van der Waals surface area (Å²) in [6.45, 7) is 9.66. The Kier molecular flexibility index (Phi) is 3.55. The molecule has 106 valence electrons. The van der Waals surface area contributed by atoms with Crippen LogP contribution < -0.4 is 5.32 Å². The van der Waals surface area contributed by atoms with E-state index in [1.54, 1.807) is 22.5 Å². The van der Waals surface area contributed by atoms with Crippen LogP contribution in [0, 0.1) is 27.7 Å². The standard InChI is InChI=1S/C17H22N2S/c1-10-7-11(2)16-14(8-10)5-6-15(16)9-18-17-19-12(3)13(4)20-17/h7-8,15H,5-6,9H2,1-4H3,(H,18,19). The Morgan fingerprint density at radius 1 is 1.25 bits per heavy atom. The largest absolute Gasteiger partial charge is 0.361 e. The van der Waals surface area contributed by atoms with Crippen LogP contribution in [0.15, 0.2) is 12.1 Å². The molecule has 0 spiro atoms. The molecular formula is C17H22N2S. The number of fused-ring (bicyclic) bond motifs is 1. The summed E-state index contributed by atoms with van der Waals surface area (Å²) < 4.78 is 0. The quantitative estimate of drug-likeness (QED) is 0.897. The lowest BCUT2D eigenvalue weighted by atomic mass is 9.95. The lowest BCUT2D eigenvalue weighted by Gasteiger charge is -2.15. The highest BCUT2D eigenvalue weighted by molar-refractivity contribution is 7.15. The summed E-state index contributed by atoms with van der Waals surface area (Å²) in [5.74, 6) is 0.634. The fourth-order valence-electron chi connectivity index (χ4n) is 3.29. The molecule has 0 aliphatic heterocycles. The number of nitrogens with zero attached hydrogens (tertiary/aromatic N) is 1. The monoisotopic (exact) mass is 286 g/mol. The zero-order chi connectivity index (χ0) is 14.3. The van der Waals surface area contributed by atoms with Crippen LogP contribution in [0.5, 0.6) is 0 Å². The number of hydrogen-bond donors (Lipinski definition) is 1. The van der Waals surface area contributed by atoms with Gasteiger partial charge in [0.2, 0.25) is 0 Å². The third-order valence-corrected chi connectivity index (χ3v) is 5.35. The molecule has 0 radical (unpaired) electrons. The summed E-state index contributed by atoms with van der Waals surface area (Å²) >= 11 is 1.76. The Morgan fingerprint density at radius 3 is 2.75 bits per heavy atom. The van der Waals surface area contributed by atoms with Crippen molar-refractivity contribution >= 4 is 16.5 Å². The van der Waals surface area contributed by atoms with E-state index >= 15 is 0 Å². The van der Waals surface area contributed by atoms with Crippen molar-refractivity contribution in [3.05, 3.63) is 45.0 Å². The number of aryl methyl sites for hydroxylation is 5. The lowest BCUT2D eigenvalue weighted by Crippen LogP contribution is -2.11. The van der Waals surface area contributed by atoms with Crippen LogP contribution >= 0.6 is 11.3 Å². The topological polar surface area (TPSA) is 24.9 Å². The van der Waals surface area contributed by atoms with Gasteiger partial charge in [0, 0.05) is 17.3 Å². The molecule has 1 aromatic carbocycles. The van der Waals surface area contributed by atoms with Crippen LogP contribution in [0.3, 0.4) is 0 Å². The summed E-state index contributed by atoms with van der Waals surface area (Å²) in [5, 5.41) is 4.61. The zero-order valence-corrected chi connectivity index (χ0v) is 13.5. The van der Waals surface area contributed by atoms with E-state index in [2.05, 4.69) is 50.1 Å². The van der Waals surface area contributed by atoms with E-state index in [0.717, 1.165) is 17.4 Å². The van der Waals surface area contributed by atoms with Crippen molar-refractivity contribution in [2.45, 2.75) is 46.5 Å². The molecule has 1 aliphatic rings. The van der Waals surface area contributed by atoms with E-state index in [4.69, 9.17) is 0 Å². The number of hydrogen-bond acceptors (Lipinski definition) is 3.